The molecule has 14 heterocycles. The van der Waals surface area contributed by atoms with Gasteiger partial charge in [-0.2, -0.15) is 0 Å². The number of piperidine rings is 6. The summed E-state index contributed by atoms with van der Waals surface area (Å²) in [6.07, 6.45) is 47.4. The van der Waals surface area contributed by atoms with Crippen molar-refractivity contribution in [3.8, 4) is 0 Å². The van der Waals surface area contributed by atoms with Gasteiger partial charge in [0.1, 0.15) is 0 Å². The van der Waals surface area contributed by atoms with Gasteiger partial charge in [-0.15, -0.1) is 0 Å². The van der Waals surface area contributed by atoms with E-state index in [0.29, 0.717) is 0 Å². The number of hydrogen-bond acceptors (Lipinski definition) is 11. The Morgan fingerprint density at radius 3 is 0.988 bits per heavy atom. The Hall–Kier alpha value is -0.440. The van der Waals surface area contributed by atoms with Gasteiger partial charge in [0.25, 0.3) is 0 Å². The van der Waals surface area contributed by atoms with Crippen LogP contribution in [0.3, 0.4) is 0 Å². The minimum absolute atomic E-state index is 0. The zero-order valence-corrected chi connectivity index (χ0v) is 54.0. The van der Waals surface area contributed by atoms with Crippen LogP contribution >= 0.6 is 0 Å². The lowest BCUT2D eigenvalue weighted by atomic mass is 9.85. The second kappa shape index (κ2) is 29.9. The normalized spacial score (nSPS) is 44.9. The minimum atomic E-state index is 0. The smallest absolute Gasteiger partial charge is 0.0221 e. The first-order valence-corrected chi connectivity index (χ1v) is 35.5. The van der Waals surface area contributed by atoms with Gasteiger partial charge in [0.15, 0.2) is 0 Å². The van der Waals surface area contributed by atoms with E-state index in [1.54, 1.807) is 6.42 Å². The molecule has 14 atom stereocenters. The number of likely N-dealkylation sites (N-methyl/N-ethyl adjacent to an activating group) is 2. The lowest BCUT2D eigenvalue weighted by Gasteiger charge is -2.43. The molecule has 11 nitrogen and oxygen atoms in total. The fourth-order valence-electron chi connectivity index (χ4n) is 21.7. The fourth-order valence-corrected chi connectivity index (χ4v) is 21.7. The van der Waals surface area contributed by atoms with Gasteiger partial charge in [-0.25, -0.2) is 0 Å². The third-order valence-electron chi connectivity index (χ3n) is 26.7. The van der Waals surface area contributed by atoms with Crippen LogP contribution in [0.4, 0.5) is 0 Å². The molecule has 14 unspecified atom stereocenters. The van der Waals surface area contributed by atoms with E-state index in [4.69, 9.17) is 0 Å². The molecule has 14 bridgehead atoms. The predicted octanol–water partition coefficient (Wildman–Crippen LogP) is 11.3. The van der Waals surface area contributed by atoms with Crippen LogP contribution in [0.15, 0.2) is 0 Å². The first kappa shape index (κ1) is 66.0. The van der Waals surface area contributed by atoms with Crippen LogP contribution in [-0.2, 0) is 0 Å². The highest BCUT2D eigenvalue weighted by Gasteiger charge is 2.72. The summed E-state index contributed by atoms with van der Waals surface area (Å²) in [4.78, 5) is 22.7. The van der Waals surface area contributed by atoms with Gasteiger partial charge in [-0.1, -0.05) is 47.0 Å². The topological polar surface area (TPSA) is 53.2 Å². The quantitative estimate of drug-likeness (QED) is 0.244. The first-order chi connectivity index (χ1) is 38.7. The molecule has 5 saturated carbocycles. The molecule has 476 valence electrons. The van der Waals surface area contributed by atoms with E-state index < -0.39 is 0 Å². The number of fused-ring (bicyclic) bond motifs is 15. The summed E-state index contributed by atoms with van der Waals surface area (Å²) in [6.45, 7) is 13.3. The highest BCUT2D eigenvalue weighted by Crippen LogP contribution is 2.76. The van der Waals surface area contributed by atoms with Crippen LogP contribution in [0.5, 0.6) is 0 Å². The van der Waals surface area contributed by atoms with Gasteiger partial charge in [-0.3, -0.25) is 4.90 Å². The second-order valence-electron chi connectivity index (χ2n) is 32.0. The molecule has 0 aromatic heterocycles. The number of hydrogen-bond donors (Lipinski definition) is 2. The van der Waals surface area contributed by atoms with Crippen molar-refractivity contribution in [2.24, 2.45) is 34.5 Å². The lowest BCUT2D eigenvalue weighted by molar-refractivity contribution is 0.0673. The lowest BCUT2D eigenvalue weighted by Crippen LogP contribution is -2.49. The first-order valence-electron chi connectivity index (χ1n) is 35.5. The molecule has 0 aromatic carbocycles. The maximum Gasteiger partial charge on any atom is 0.0221 e. The van der Waals surface area contributed by atoms with Crippen LogP contribution in [0.25, 0.3) is 0 Å². The van der Waals surface area contributed by atoms with Crippen LogP contribution < -0.4 is 10.6 Å². The number of rotatable bonds is 0. The van der Waals surface area contributed by atoms with Crippen LogP contribution in [0, 0.1) is 34.5 Å². The van der Waals surface area contributed by atoms with E-state index in [1.807, 2.05) is 0 Å². The third-order valence-corrected chi connectivity index (χ3v) is 26.7. The van der Waals surface area contributed by atoms with E-state index in [9.17, 15) is 0 Å². The molecule has 11 heteroatoms. The van der Waals surface area contributed by atoms with Crippen molar-refractivity contribution in [3.63, 3.8) is 0 Å². The minimum Gasteiger partial charge on any atom is -0.314 e. The molecule has 0 aromatic rings. The van der Waals surface area contributed by atoms with Gasteiger partial charge in [-0.05, 0) is 271 Å². The summed E-state index contributed by atoms with van der Waals surface area (Å²) >= 11 is 0. The van der Waals surface area contributed by atoms with Crippen molar-refractivity contribution >= 4 is 0 Å². The van der Waals surface area contributed by atoms with Crippen molar-refractivity contribution in [2.75, 3.05) is 129 Å². The van der Waals surface area contributed by atoms with Crippen molar-refractivity contribution in [3.05, 3.63) is 0 Å². The summed E-state index contributed by atoms with van der Waals surface area (Å²) in [7, 11) is 20.4. The number of likely N-dealkylation sites (tertiary alicyclic amines) is 5. The molecule has 14 saturated heterocycles. The molecule has 19 fully saturated rings. The Labute approximate surface area is 508 Å². The molecule has 82 heavy (non-hydrogen) atoms. The van der Waals surface area contributed by atoms with Crippen LogP contribution in [0.2, 0.25) is 0 Å². The van der Waals surface area contributed by atoms with Crippen molar-refractivity contribution < 1.29 is 0 Å². The highest BCUT2D eigenvalue weighted by molar-refractivity contribution is 5.23. The van der Waals surface area contributed by atoms with Gasteiger partial charge in [0.05, 0.1) is 0 Å². The van der Waals surface area contributed by atoms with E-state index >= 15 is 0 Å². The third kappa shape index (κ3) is 15.9. The Bertz CT molecular complexity index is 1710. The van der Waals surface area contributed by atoms with Gasteiger partial charge < -0.3 is 49.8 Å². The molecular formula is C71H137N11. The monoisotopic (exact) mass is 1140 g/mol. The van der Waals surface area contributed by atoms with Crippen molar-refractivity contribution in [1.29, 1.82) is 0 Å². The fraction of sp³-hybridized carbons (Fsp3) is 1.00. The van der Waals surface area contributed by atoms with E-state index in [0.717, 1.165) is 107 Å². The maximum atomic E-state index is 3.58. The standard InChI is InChI=1S/C9H15N.C9H17N.2C8H15N.2C7H14N2.3C7H13N.2CH4/c1-10-6-8-3-2-4-9(8,5-8)7-10;1-10-8-4-2-5-9(10)7-3-6-8;1-9-5-7-3-2-4-8(7)6-9;1-9-7-3-2-4-8(9)6-5-7;1-9-4-6-2-3-7(5-9)8-6;1-9-6-2-3-7(9)5-8-4-6;2*1-8-5-6-2-3-7(8)4-6;1-8-6-2-3-7(8)5-4-6;;/h2-7H2,1H3;8-9H,2-7H2,1H3;2*7-8H,2-6H2,1H3;2*6-8H,2-5H2,1H3;3*6-7H,2-5H2,1H3;2*1H4. The van der Waals surface area contributed by atoms with E-state index in [-0.39, 0.29) is 14.9 Å². The average Bonchev–Trinajstić information content (AvgIpc) is 2.62. The molecule has 5 aliphatic carbocycles. The Morgan fingerprint density at radius 2 is 0.659 bits per heavy atom. The maximum absolute atomic E-state index is 3.58. The summed E-state index contributed by atoms with van der Waals surface area (Å²) in [5, 5.41) is 7.01. The molecule has 19 rings (SSSR count). The van der Waals surface area contributed by atoms with Gasteiger partial charge >= 0.3 is 0 Å². The second-order valence-corrected chi connectivity index (χ2v) is 32.0. The summed E-state index contributed by atoms with van der Waals surface area (Å²) in [5.41, 5.74) is 1.70. The molecule has 0 amide bonds. The zero-order valence-electron chi connectivity index (χ0n) is 54.0. The Morgan fingerprint density at radius 1 is 0.317 bits per heavy atom. The number of nitrogens with zero attached hydrogens (tertiary/aromatic N) is 9. The molecule has 0 radical (unpaired) electrons. The van der Waals surface area contributed by atoms with Crippen LogP contribution in [0.1, 0.15) is 220 Å². The van der Waals surface area contributed by atoms with Gasteiger partial charge in [0, 0.05) is 138 Å². The van der Waals surface area contributed by atoms with Gasteiger partial charge in [0.2, 0.25) is 0 Å². The van der Waals surface area contributed by atoms with Crippen molar-refractivity contribution in [2.45, 2.75) is 293 Å². The van der Waals surface area contributed by atoms with Crippen LogP contribution in [-0.4, -0.2) is 245 Å². The number of nitrogens with one attached hydrogen (secondary N) is 2. The van der Waals surface area contributed by atoms with E-state index in [2.05, 4.69) is 118 Å². The average molecular weight is 1140 g/mol. The predicted molar refractivity (Wildman–Crippen MR) is 350 cm³/mol. The Kier molecular flexibility index (Phi) is 24.1. The molecule has 19 aliphatic rings. The summed E-state index contributed by atoms with van der Waals surface area (Å²) in [6, 6.07) is 11.0. The summed E-state index contributed by atoms with van der Waals surface area (Å²) in [5.74, 6) is 4.31. The zero-order chi connectivity index (χ0) is 55.5. The Balaban J connectivity index is 0.000000111. The molecule has 2 N–H and O–H groups in total. The number of piperazine rings is 2. The summed E-state index contributed by atoms with van der Waals surface area (Å²) < 4.78 is 0. The highest BCUT2D eigenvalue weighted by atomic mass is 15.3. The molecular weight excluding hydrogens is 1010 g/mol. The molecule has 0 spiro atoms. The largest absolute Gasteiger partial charge is 0.314 e. The molecule has 14 aliphatic heterocycles. The van der Waals surface area contributed by atoms with Crippen molar-refractivity contribution in [1.82, 2.24) is 54.7 Å². The SMILES string of the molecule is C.C.CN1C2CCC1CC2.CN1C2CCC1CNC2.CN1C2CCCC1CC2.CN1C2CCCC1CCC2.CN1CC23CCCC2(C1)C3.CN1CC2CCC(C1)N2.CN1CC2CCC1C2.CN1CC2CCC1C2.CN1CC2CCCC2C1. The van der Waals surface area contributed by atoms with E-state index in [1.165, 1.54) is 264 Å².